The van der Waals surface area contributed by atoms with Gasteiger partial charge in [-0.3, -0.25) is 4.79 Å². The largest absolute Gasteiger partial charge is 0.480 e. The first-order valence-electron chi connectivity index (χ1n) is 5.62. The van der Waals surface area contributed by atoms with Gasteiger partial charge in [-0.25, -0.2) is 4.79 Å². The highest BCUT2D eigenvalue weighted by Gasteiger charge is 2.20. The summed E-state index contributed by atoms with van der Waals surface area (Å²) in [6.07, 6.45) is 1.26. The zero-order chi connectivity index (χ0) is 13.0. The van der Waals surface area contributed by atoms with Gasteiger partial charge in [-0.2, -0.15) is 0 Å². The van der Waals surface area contributed by atoms with Crippen molar-refractivity contribution in [3.05, 3.63) is 21.4 Å². The fraction of sp³-hybridized carbons (Fsp3) is 0.500. The minimum absolute atomic E-state index is 0.299. The molecule has 0 saturated heterocycles. The Balaban J connectivity index is 2.78. The number of hydrogen-bond acceptors (Lipinski definition) is 3. The third-order valence-electron chi connectivity index (χ3n) is 2.64. The molecule has 0 aliphatic carbocycles. The third kappa shape index (κ3) is 3.30. The van der Waals surface area contributed by atoms with Crippen molar-refractivity contribution in [3.8, 4) is 0 Å². The van der Waals surface area contributed by atoms with Crippen molar-refractivity contribution in [2.75, 3.05) is 0 Å². The van der Waals surface area contributed by atoms with Crippen molar-refractivity contribution in [2.45, 2.75) is 39.7 Å². The standard InChI is InChI=1S/C12H17NO3S/c1-4-8-6-10(17-7(8)3)11(14)13-9(5-2)12(15)16/h6,9H,4-5H2,1-3H3,(H,13,14)(H,15,16)/t9-/m0/s1. The van der Waals surface area contributed by atoms with E-state index in [1.54, 1.807) is 6.92 Å². The van der Waals surface area contributed by atoms with E-state index in [4.69, 9.17) is 5.11 Å². The Kier molecular flexibility index (Phi) is 4.69. The molecule has 1 heterocycles. The van der Waals surface area contributed by atoms with Gasteiger partial charge < -0.3 is 10.4 Å². The Bertz CT molecular complexity index is 425. The SMILES string of the molecule is CCc1cc(C(=O)N[C@@H](CC)C(=O)O)sc1C. The summed E-state index contributed by atoms with van der Waals surface area (Å²) in [5.74, 6) is -1.29. The fourth-order valence-electron chi connectivity index (χ4n) is 1.55. The normalized spacial score (nSPS) is 12.2. The van der Waals surface area contributed by atoms with Crippen LogP contribution in [-0.4, -0.2) is 23.0 Å². The molecule has 0 fully saturated rings. The number of aryl methyl sites for hydroxylation is 2. The molecule has 0 spiro atoms. The quantitative estimate of drug-likeness (QED) is 0.847. The Hall–Kier alpha value is -1.36. The first kappa shape index (κ1) is 13.7. The van der Waals surface area contributed by atoms with Crippen molar-refractivity contribution in [1.82, 2.24) is 5.32 Å². The number of nitrogens with one attached hydrogen (secondary N) is 1. The maximum absolute atomic E-state index is 11.8. The highest BCUT2D eigenvalue weighted by atomic mass is 32.1. The Morgan fingerprint density at radius 1 is 1.47 bits per heavy atom. The zero-order valence-corrected chi connectivity index (χ0v) is 11.1. The minimum atomic E-state index is -0.996. The van der Waals surface area contributed by atoms with E-state index < -0.39 is 12.0 Å². The summed E-state index contributed by atoms with van der Waals surface area (Å²) in [7, 11) is 0. The van der Waals surface area contributed by atoms with Crippen LogP contribution < -0.4 is 5.32 Å². The average molecular weight is 255 g/mol. The first-order valence-corrected chi connectivity index (χ1v) is 6.44. The van der Waals surface area contributed by atoms with Crippen LogP contribution in [0.15, 0.2) is 6.07 Å². The van der Waals surface area contributed by atoms with Gasteiger partial charge in [0.2, 0.25) is 0 Å². The molecule has 0 aromatic carbocycles. The van der Waals surface area contributed by atoms with Crippen molar-refractivity contribution >= 4 is 23.2 Å². The maximum atomic E-state index is 11.8. The molecule has 0 bridgehead atoms. The number of hydrogen-bond donors (Lipinski definition) is 2. The Labute approximate surface area is 105 Å². The number of carbonyl (C=O) groups is 2. The molecule has 0 aliphatic heterocycles. The monoisotopic (exact) mass is 255 g/mol. The lowest BCUT2D eigenvalue weighted by molar-refractivity contribution is -0.139. The molecule has 5 heteroatoms. The van der Waals surface area contributed by atoms with Crippen LogP contribution in [-0.2, 0) is 11.2 Å². The van der Waals surface area contributed by atoms with Gasteiger partial charge in [-0.15, -0.1) is 11.3 Å². The molecular weight excluding hydrogens is 238 g/mol. The minimum Gasteiger partial charge on any atom is -0.480 e. The number of amides is 1. The molecule has 0 unspecified atom stereocenters. The number of thiophene rings is 1. The lowest BCUT2D eigenvalue weighted by Gasteiger charge is -2.10. The van der Waals surface area contributed by atoms with Crippen LogP contribution in [0.3, 0.4) is 0 Å². The van der Waals surface area contributed by atoms with Gasteiger partial charge in [0, 0.05) is 4.88 Å². The van der Waals surface area contributed by atoms with E-state index >= 15 is 0 Å². The van der Waals surface area contributed by atoms with E-state index in [1.807, 2.05) is 19.9 Å². The van der Waals surface area contributed by atoms with Gasteiger partial charge in [0.25, 0.3) is 5.91 Å². The van der Waals surface area contributed by atoms with Crippen LogP contribution in [0, 0.1) is 6.92 Å². The van der Waals surface area contributed by atoms with E-state index in [9.17, 15) is 9.59 Å². The predicted octanol–water partition coefficient (Wildman–Crippen LogP) is 2.21. The van der Waals surface area contributed by atoms with Crippen LogP contribution >= 0.6 is 11.3 Å². The number of rotatable bonds is 5. The lowest BCUT2D eigenvalue weighted by Crippen LogP contribution is -2.39. The molecule has 4 nitrogen and oxygen atoms in total. The Morgan fingerprint density at radius 3 is 2.53 bits per heavy atom. The summed E-state index contributed by atoms with van der Waals surface area (Å²) in [4.78, 5) is 24.3. The van der Waals surface area contributed by atoms with Crippen molar-refractivity contribution in [3.63, 3.8) is 0 Å². The van der Waals surface area contributed by atoms with E-state index in [2.05, 4.69) is 5.32 Å². The van der Waals surface area contributed by atoms with E-state index in [-0.39, 0.29) is 5.91 Å². The smallest absolute Gasteiger partial charge is 0.326 e. The molecule has 0 aliphatic rings. The summed E-state index contributed by atoms with van der Waals surface area (Å²) in [6, 6.07) is 1.03. The van der Waals surface area contributed by atoms with Gasteiger partial charge in [0.1, 0.15) is 6.04 Å². The van der Waals surface area contributed by atoms with Gasteiger partial charge in [-0.05, 0) is 31.4 Å². The average Bonchev–Trinajstić information content (AvgIpc) is 2.66. The molecule has 94 valence electrons. The van der Waals surface area contributed by atoms with Crippen LogP contribution in [0.2, 0.25) is 0 Å². The highest BCUT2D eigenvalue weighted by Crippen LogP contribution is 2.22. The molecule has 0 radical (unpaired) electrons. The molecule has 2 N–H and O–H groups in total. The second kappa shape index (κ2) is 5.82. The van der Waals surface area contributed by atoms with E-state index in [0.29, 0.717) is 11.3 Å². The molecule has 1 aromatic heterocycles. The van der Waals surface area contributed by atoms with Gasteiger partial charge in [0.05, 0.1) is 4.88 Å². The van der Waals surface area contributed by atoms with Crippen molar-refractivity contribution in [2.24, 2.45) is 0 Å². The van der Waals surface area contributed by atoms with Gasteiger partial charge in [0.15, 0.2) is 0 Å². The highest BCUT2D eigenvalue weighted by molar-refractivity contribution is 7.14. The van der Waals surface area contributed by atoms with Crippen LogP contribution in [0.4, 0.5) is 0 Å². The summed E-state index contributed by atoms with van der Waals surface area (Å²) < 4.78 is 0. The zero-order valence-electron chi connectivity index (χ0n) is 10.2. The predicted molar refractivity (Wildman–Crippen MR) is 67.6 cm³/mol. The fourth-order valence-corrected chi connectivity index (χ4v) is 2.57. The summed E-state index contributed by atoms with van der Waals surface area (Å²) >= 11 is 1.41. The maximum Gasteiger partial charge on any atom is 0.326 e. The second-order valence-corrected chi connectivity index (χ2v) is 5.07. The van der Waals surface area contributed by atoms with Crippen molar-refractivity contribution in [1.29, 1.82) is 0 Å². The van der Waals surface area contributed by atoms with Gasteiger partial charge >= 0.3 is 5.97 Å². The number of carbonyl (C=O) groups excluding carboxylic acids is 1. The molecular formula is C12H17NO3S. The van der Waals surface area contributed by atoms with E-state index in [1.165, 1.54) is 11.3 Å². The summed E-state index contributed by atoms with van der Waals surface area (Å²) in [6.45, 7) is 5.73. The van der Waals surface area contributed by atoms with Crippen LogP contribution in [0.25, 0.3) is 0 Å². The van der Waals surface area contributed by atoms with Crippen LogP contribution in [0.5, 0.6) is 0 Å². The lowest BCUT2D eigenvalue weighted by atomic mass is 10.2. The second-order valence-electron chi connectivity index (χ2n) is 3.82. The number of aliphatic carboxylic acids is 1. The Morgan fingerprint density at radius 2 is 2.12 bits per heavy atom. The van der Waals surface area contributed by atoms with E-state index in [0.717, 1.165) is 16.9 Å². The molecule has 0 saturated carbocycles. The molecule has 17 heavy (non-hydrogen) atoms. The molecule has 1 amide bonds. The molecule has 1 atom stereocenters. The van der Waals surface area contributed by atoms with Crippen molar-refractivity contribution < 1.29 is 14.7 Å². The molecule has 1 rings (SSSR count). The first-order chi connectivity index (χ1) is 7.99. The third-order valence-corrected chi connectivity index (χ3v) is 3.73. The topological polar surface area (TPSA) is 66.4 Å². The summed E-state index contributed by atoms with van der Waals surface area (Å²) in [5, 5.41) is 11.4. The van der Waals surface area contributed by atoms with Crippen LogP contribution in [0.1, 0.15) is 40.4 Å². The summed E-state index contributed by atoms with van der Waals surface area (Å²) in [5.41, 5.74) is 1.14. The van der Waals surface area contributed by atoms with Gasteiger partial charge in [-0.1, -0.05) is 13.8 Å². The molecule has 1 aromatic rings. The number of carboxylic acids is 1. The number of carboxylic acid groups (broad SMARTS) is 1.